The number of aryl methyl sites for hydroxylation is 2. The number of carbonyl (C=O) groups excluding carboxylic acids is 1. The number of methoxy groups -OCH3 is 1. The standard InChI is InChI=1S/C21H24N6O2/c1-15-10-22-21(24-20(15)17-11-23-25(2)13-17)27-8-7-26(19(28)14-27)12-16-5-4-6-18(9-16)29-3/h4-6,9-11,13H,7-8,12,14H2,1-3H3. The second kappa shape index (κ2) is 7.90. The SMILES string of the molecule is COc1cccc(CN2CCN(c3ncc(C)c(-c4cnn(C)c4)n3)CC2=O)c1. The molecule has 0 aliphatic carbocycles. The number of piperazine rings is 1. The molecule has 0 atom stereocenters. The molecule has 0 radical (unpaired) electrons. The molecule has 8 heteroatoms. The number of aromatic nitrogens is 4. The van der Waals surface area contributed by atoms with E-state index in [1.54, 1.807) is 24.2 Å². The minimum absolute atomic E-state index is 0.0613. The van der Waals surface area contributed by atoms with E-state index in [2.05, 4.69) is 10.1 Å². The zero-order valence-corrected chi connectivity index (χ0v) is 16.9. The van der Waals surface area contributed by atoms with Crippen LogP contribution in [0.25, 0.3) is 11.3 Å². The molecule has 0 N–H and O–H groups in total. The first-order chi connectivity index (χ1) is 14.0. The Morgan fingerprint density at radius 1 is 1.21 bits per heavy atom. The molecule has 1 aliphatic heterocycles. The first-order valence-corrected chi connectivity index (χ1v) is 9.52. The minimum Gasteiger partial charge on any atom is -0.497 e. The van der Waals surface area contributed by atoms with Crippen molar-refractivity contribution < 1.29 is 9.53 Å². The zero-order valence-electron chi connectivity index (χ0n) is 16.9. The lowest BCUT2D eigenvalue weighted by atomic mass is 10.1. The molecule has 8 nitrogen and oxygen atoms in total. The summed E-state index contributed by atoms with van der Waals surface area (Å²) in [5.41, 5.74) is 3.81. The predicted molar refractivity (Wildman–Crippen MR) is 110 cm³/mol. The van der Waals surface area contributed by atoms with Gasteiger partial charge in [-0.25, -0.2) is 9.97 Å². The van der Waals surface area contributed by atoms with Crippen LogP contribution in [0.15, 0.2) is 42.9 Å². The molecule has 4 rings (SSSR count). The molecule has 0 spiro atoms. The lowest BCUT2D eigenvalue weighted by molar-refractivity contribution is -0.131. The van der Waals surface area contributed by atoms with E-state index in [-0.39, 0.29) is 12.5 Å². The number of benzene rings is 1. The highest BCUT2D eigenvalue weighted by Crippen LogP contribution is 2.23. The van der Waals surface area contributed by atoms with Crippen LogP contribution in [0.2, 0.25) is 0 Å². The number of ether oxygens (including phenoxy) is 1. The minimum atomic E-state index is 0.0613. The first kappa shape index (κ1) is 18.9. The molecular weight excluding hydrogens is 368 g/mol. The van der Waals surface area contributed by atoms with Crippen molar-refractivity contribution in [3.8, 4) is 17.0 Å². The maximum Gasteiger partial charge on any atom is 0.242 e. The maximum absolute atomic E-state index is 12.7. The quantitative estimate of drug-likeness (QED) is 0.661. The normalized spacial score (nSPS) is 14.4. The van der Waals surface area contributed by atoms with Gasteiger partial charge in [-0.1, -0.05) is 12.1 Å². The summed E-state index contributed by atoms with van der Waals surface area (Å²) >= 11 is 0. The highest BCUT2D eigenvalue weighted by atomic mass is 16.5. The van der Waals surface area contributed by atoms with E-state index in [1.165, 1.54) is 0 Å². The van der Waals surface area contributed by atoms with E-state index in [4.69, 9.17) is 9.72 Å². The molecule has 0 bridgehead atoms. The van der Waals surface area contributed by atoms with E-state index in [9.17, 15) is 4.79 Å². The van der Waals surface area contributed by atoms with Gasteiger partial charge in [0.05, 0.1) is 19.0 Å². The van der Waals surface area contributed by atoms with E-state index in [1.807, 2.05) is 54.2 Å². The van der Waals surface area contributed by atoms with Crippen LogP contribution in [0, 0.1) is 6.92 Å². The summed E-state index contributed by atoms with van der Waals surface area (Å²) in [6, 6.07) is 7.81. The molecule has 1 fully saturated rings. The van der Waals surface area contributed by atoms with Gasteiger partial charge in [0, 0.05) is 44.6 Å². The molecule has 3 heterocycles. The molecule has 1 aromatic carbocycles. The van der Waals surface area contributed by atoms with Crippen LogP contribution in [0.4, 0.5) is 5.95 Å². The number of anilines is 1. The highest BCUT2D eigenvalue weighted by molar-refractivity contribution is 5.82. The van der Waals surface area contributed by atoms with Gasteiger partial charge in [-0.3, -0.25) is 9.48 Å². The molecular formula is C21H24N6O2. The Bertz CT molecular complexity index is 1030. The Balaban J connectivity index is 1.48. The summed E-state index contributed by atoms with van der Waals surface area (Å²) in [5, 5.41) is 4.22. The predicted octanol–water partition coefficient (Wildman–Crippen LogP) is 2.04. The molecule has 0 saturated carbocycles. The van der Waals surface area contributed by atoms with E-state index >= 15 is 0 Å². The molecule has 3 aromatic rings. The van der Waals surface area contributed by atoms with E-state index in [0.29, 0.717) is 25.6 Å². The van der Waals surface area contributed by atoms with Crippen LogP contribution >= 0.6 is 0 Å². The summed E-state index contributed by atoms with van der Waals surface area (Å²) in [6.45, 7) is 4.11. The fourth-order valence-corrected chi connectivity index (χ4v) is 3.46. The second-order valence-corrected chi connectivity index (χ2v) is 7.19. The number of carbonyl (C=O) groups is 1. The van der Waals surface area contributed by atoms with Gasteiger partial charge in [0.1, 0.15) is 12.3 Å². The Hall–Kier alpha value is -3.42. The van der Waals surface area contributed by atoms with Crippen LogP contribution in [0.3, 0.4) is 0 Å². The topological polar surface area (TPSA) is 76.4 Å². The smallest absolute Gasteiger partial charge is 0.242 e. The van der Waals surface area contributed by atoms with Crippen molar-refractivity contribution >= 4 is 11.9 Å². The number of hydrogen-bond acceptors (Lipinski definition) is 6. The molecule has 1 saturated heterocycles. The van der Waals surface area contributed by atoms with E-state index < -0.39 is 0 Å². The molecule has 150 valence electrons. The zero-order chi connectivity index (χ0) is 20.4. The lowest BCUT2D eigenvalue weighted by Crippen LogP contribution is -2.50. The third-order valence-electron chi connectivity index (χ3n) is 5.05. The number of hydrogen-bond donors (Lipinski definition) is 0. The van der Waals surface area contributed by atoms with Gasteiger partial charge in [-0.05, 0) is 30.2 Å². The van der Waals surface area contributed by atoms with Gasteiger partial charge >= 0.3 is 0 Å². The maximum atomic E-state index is 12.7. The van der Waals surface area contributed by atoms with Crippen molar-refractivity contribution in [3.05, 3.63) is 54.0 Å². The van der Waals surface area contributed by atoms with Gasteiger partial charge in [0.2, 0.25) is 11.9 Å². The van der Waals surface area contributed by atoms with Crippen LogP contribution in [0.1, 0.15) is 11.1 Å². The summed E-state index contributed by atoms with van der Waals surface area (Å²) in [7, 11) is 3.52. The summed E-state index contributed by atoms with van der Waals surface area (Å²) in [6.07, 6.45) is 5.52. The fourth-order valence-electron chi connectivity index (χ4n) is 3.46. The van der Waals surface area contributed by atoms with Gasteiger partial charge < -0.3 is 14.5 Å². The number of amides is 1. The van der Waals surface area contributed by atoms with Gasteiger partial charge in [-0.15, -0.1) is 0 Å². The Morgan fingerprint density at radius 3 is 2.79 bits per heavy atom. The van der Waals surface area contributed by atoms with Crippen molar-refractivity contribution in [2.24, 2.45) is 7.05 Å². The second-order valence-electron chi connectivity index (χ2n) is 7.19. The number of rotatable bonds is 5. The van der Waals surface area contributed by atoms with Gasteiger partial charge in [-0.2, -0.15) is 5.10 Å². The fraction of sp³-hybridized carbons (Fsp3) is 0.333. The first-order valence-electron chi connectivity index (χ1n) is 9.52. The average molecular weight is 392 g/mol. The van der Waals surface area contributed by atoms with Crippen LogP contribution in [-0.2, 0) is 18.4 Å². The summed E-state index contributed by atoms with van der Waals surface area (Å²) in [4.78, 5) is 25.7. The average Bonchev–Trinajstić information content (AvgIpc) is 3.16. The molecule has 29 heavy (non-hydrogen) atoms. The third kappa shape index (κ3) is 4.06. The lowest BCUT2D eigenvalue weighted by Gasteiger charge is -2.34. The Kier molecular flexibility index (Phi) is 5.16. The molecule has 0 unspecified atom stereocenters. The molecule has 1 aliphatic rings. The summed E-state index contributed by atoms with van der Waals surface area (Å²) < 4.78 is 7.02. The Labute approximate surface area is 169 Å². The van der Waals surface area contributed by atoms with Crippen LogP contribution < -0.4 is 9.64 Å². The van der Waals surface area contributed by atoms with Crippen LogP contribution in [-0.4, -0.2) is 57.3 Å². The summed E-state index contributed by atoms with van der Waals surface area (Å²) in [5.74, 6) is 1.43. The van der Waals surface area contributed by atoms with Gasteiger partial charge in [0.25, 0.3) is 0 Å². The highest BCUT2D eigenvalue weighted by Gasteiger charge is 2.26. The van der Waals surface area contributed by atoms with E-state index in [0.717, 1.165) is 28.1 Å². The van der Waals surface area contributed by atoms with Crippen molar-refractivity contribution in [3.63, 3.8) is 0 Å². The molecule has 2 aromatic heterocycles. The number of nitrogens with zero attached hydrogens (tertiary/aromatic N) is 6. The third-order valence-corrected chi connectivity index (χ3v) is 5.05. The van der Waals surface area contributed by atoms with Crippen molar-refractivity contribution in [2.75, 3.05) is 31.6 Å². The van der Waals surface area contributed by atoms with Crippen molar-refractivity contribution in [1.29, 1.82) is 0 Å². The van der Waals surface area contributed by atoms with Gasteiger partial charge in [0.15, 0.2) is 0 Å². The van der Waals surface area contributed by atoms with Crippen LogP contribution in [0.5, 0.6) is 5.75 Å². The van der Waals surface area contributed by atoms with Crippen molar-refractivity contribution in [2.45, 2.75) is 13.5 Å². The monoisotopic (exact) mass is 392 g/mol. The largest absolute Gasteiger partial charge is 0.497 e. The van der Waals surface area contributed by atoms with Crippen molar-refractivity contribution in [1.82, 2.24) is 24.6 Å². The molecule has 1 amide bonds. The Morgan fingerprint density at radius 2 is 2.07 bits per heavy atom.